The van der Waals surface area contributed by atoms with Crippen molar-refractivity contribution in [2.24, 2.45) is 0 Å². The predicted molar refractivity (Wildman–Crippen MR) is 64.1 cm³/mol. The van der Waals surface area contributed by atoms with Crippen molar-refractivity contribution >= 4 is 11.0 Å². The normalized spacial score (nSPS) is 12.6. The highest BCUT2D eigenvalue weighted by Crippen LogP contribution is 2.22. The molecule has 0 amide bonds. The lowest BCUT2D eigenvalue weighted by Gasteiger charge is -2.12. The third-order valence-electron chi connectivity index (χ3n) is 2.83. The second-order valence-electron chi connectivity index (χ2n) is 3.79. The summed E-state index contributed by atoms with van der Waals surface area (Å²) in [5.74, 6) is 0.995. The predicted octanol–water partition coefficient (Wildman–Crippen LogP) is 3.07. The quantitative estimate of drug-likeness (QED) is 0.786. The van der Waals surface area contributed by atoms with Crippen molar-refractivity contribution in [2.75, 3.05) is 0 Å². The van der Waals surface area contributed by atoms with Crippen molar-refractivity contribution < 1.29 is 0 Å². The first-order chi connectivity index (χ1) is 7.81. The van der Waals surface area contributed by atoms with E-state index in [4.69, 9.17) is 0 Å². The van der Waals surface area contributed by atoms with Crippen molar-refractivity contribution in [3.05, 3.63) is 30.1 Å². The molecule has 0 spiro atoms. The summed E-state index contributed by atoms with van der Waals surface area (Å²) in [6.07, 6.45) is 1.66. The van der Waals surface area contributed by atoms with Crippen molar-refractivity contribution in [3.63, 3.8) is 0 Å². The number of nitrogens with zero attached hydrogens (tertiary/aromatic N) is 3. The summed E-state index contributed by atoms with van der Waals surface area (Å²) >= 11 is 0. The Morgan fingerprint density at radius 2 is 2.12 bits per heavy atom. The number of imidazole rings is 1. The summed E-state index contributed by atoms with van der Waals surface area (Å²) in [4.78, 5) is 4.56. The number of para-hydroxylation sites is 2. The minimum Gasteiger partial charge on any atom is -0.311 e. The highest BCUT2D eigenvalue weighted by atomic mass is 15.1. The molecule has 0 saturated carbocycles. The monoisotopic (exact) mass is 213 g/mol. The summed E-state index contributed by atoms with van der Waals surface area (Å²) in [6, 6.07) is 10.2. The van der Waals surface area contributed by atoms with Crippen LogP contribution >= 0.6 is 0 Å². The van der Waals surface area contributed by atoms with Gasteiger partial charge in [0, 0.05) is 6.42 Å². The molecule has 2 rings (SSSR count). The van der Waals surface area contributed by atoms with Crippen LogP contribution in [0, 0.1) is 11.3 Å². The fourth-order valence-electron chi connectivity index (χ4n) is 2.02. The van der Waals surface area contributed by atoms with Gasteiger partial charge < -0.3 is 4.57 Å². The van der Waals surface area contributed by atoms with E-state index in [0.29, 0.717) is 0 Å². The zero-order valence-corrected chi connectivity index (χ0v) is 9.64. The SMILES string of the molecule is CCc1nc2ccccc2n1C(C#N)CC. The van der Waals surface area contributed by atoms with Crippen LogP contribution in [0.25, 0.3) is 11.0 Å². The van der Waals surface area contributed by atoms with Crippen LogP contribution in [-0.2, 0) is 6.42 Å². The minimum absolute atomic E-state index is 0.109. The summed E-state index contributed by atoms with van der Waals surface area (Å²) in [6.45, 7) is 4.10. The Morgan fingerprint density at radius 3 is 2.75 bits per heavy atom. The molecule has 1 aromatic heterocycles. The molecule has 0 aliphatic carbocycles. The lowest BCUT2D eigenvalue weighted by molar-refractivity contribution is 0.586. The maximum Gasteiger partial charge on any atom is 0.122 e. The zero-order valence-electron chi connectivity index (χ0n) is 9.64. The van der Waals surface area contributed by atoms with E-state index in [1.54, 1.807) is 0 Å². The molecule has 3 nitrogen and oxygen atoms in total. The van der Waals surface area contributed by atoms with Crippen molar-refractivity contribution in [2.45, 2.75) is 32.7 Å². The molecule has 0 saturated heterocycles. The summed E-state index contributed by atoms with van der Waals surface area (Å²) in [7, 11) is 0. The van der Waals surface area contributed by atoms with Gasteiger partial charge in [-0.3, -0.25) is 0 Å². The Hall–Kier alpha value is -1.82. The average molecular weight is 213 g/mol. The molecule has 1 unspecified atom stereocenters. The van der Waals surface area contributed by atoms with Gasteiger partial charge in [-0.05, 0) is 18.6 Å². The summed E-state index contributed by atoms with van der Waals surface area (Å²) in [5, 5.41) is 9.18. The van der Waals surface area contributed by atoms with E-state index in [1.807, 2.05) is 31.2 Å². The molecule has 0 aliphatic heterocycles. The molecule has 82 valence electrons. The molecule has 2 aromatic rings. The molecule has 0 fully saturated rings. The van der Waals surface area contributed by atoms with Gasteiger partial charge in [-0.25, -0.2) is 4.98 Å². The second kappa shape index (κ2) is 4.36. The third kappa shape index (κ3) is 1.57. The fourth-order valence-corrected chi connectivity index (χ4v) is 2.02. The van der Waals surface area contributed by atoms with Crippen LogP contribution < -0.4 is 0 Å². The lowest BCUT2D eigenvalue weighted by Crippen LogP contribution is -2.09. The topological polar surface area (TPSA) is 41.6 Å². The standard InChI is InChI=1S/C13H15N3/c1-3-10(9-14)16-12-8-6-5-7-11(12)15-13(16)4-2/h5-8,10H,3-4H2,1-2H3. The Balaban J connectivity index is 2.69. The number of benzene rings is 1. The van der Waals surface area contributed by atoms with E-state index in [2.05, 4.69) is 22.5 Å². The number of nitriles is 1. The van der Waals surface area contributed by atoms with E-state index in [0.717, 1.165) is 29.7 Å². The molecule has 0 radical (unpaired) electrons. The Morgan fingerprint density at radius 1 is 1.38 bits per heavy atom. The van der Waals surface area contributed by atoms with Gasteiger partial charge in [0.1, 0.15) is 11.9 Å². The van der Waals surface area contributed by atoms with E-state index in [-0.39, 0.29) is 6.04 Å². The summed E-state index contributed by atoms with van der Waals surface area (Å²) < 4.78 is 2.06. The van der Waals surface area contributed by atoms with Crippen LogP contribution in [0.4, 0.5) is 0 Å². The highest BCUT2D eigenvalue weighted by Gasteiger charge is 2.15. The number of aromatic nitrogens is 2. The van der Waals surface area contributed by atoms with Gasteiger partial charge in [0.15, 0.2) is 0 Å². The molecule has 1 aromatic carbocycles. The fraction of sp³-hybridized carbons (Fsp3) is 0.385. The van der Waals surface area contributed by atoms with Crippen molar-refractivity contribution in [3.8, 4) is 6.07 Å². The third-order valence-corrected chi connectivity index (χ3v) is 2.83. The first-order valence-electron chi connectivity index (χ1n) is 5.67. The van der Waals surface area contributed by atoms with Gasteiger partial charge in [-0.15, -0.1) is 0 Å². The van der Waals surface area contributed by atoms with Crippen molar-refractivity contribution in [1.29, 1.82) is 5.26 Å². The molecule has 1 heterocycles. The van der Waals surface area contributed by atoms with Crippen LogP contribution in [0.1, 0.15) is 32.1 Å². The zero-order chi connectivity index (χ0) is 11.5. The molecular weight excluding hydrogens is 198 g/mol. The van der Waals surface area contributed by atoms with Crippen molar-refractivity contribution in [1.82, 2.24) is 9.55 Å². The lowest BCUT2D eigenvalue weighted by atomic mass is 10.2. The van der Waals surface area contributed by atoms with Gasteiger partial charge in [0.25, 0.3) is 0 Å². The van der Waals surface area contributed by atoms with Gasteiger partial charge in [-0.1, -0.05) is 26.0 Å². The minimum atomic E-state index is -0.109. The Labute approximate surface area is 95.3 Å². The molecule has 0 N–H and O–H groups in total. The number of aryl methyl sites for hydroxylation is 1. The average Bonchev–Trinajstić information content (AvgIpc) is 2.70. The van der Waals surface area contributed by atoms with E-state index < -0.39 is 0 Å². The van der Waals surface area contributed by atoms with Gasteiger partial charge in [-0.2, -0.15) is 5.26 Å². The maximum absolute atomic E-state index is 9.18. The Kier molecular flexibility index (Phi) is 2.91. The molecule has 16 heavy (non-hydrogen) atoms. The second-order valence-corrected chi connectivity index (χ2v) is 3.79. The maximum atomic E-state index is 9.18. The molecular formula is C13H15N3. The first kappa shape index (κ1) is 10.7. The first-order valence-corrected chi connectivity index (χ1v) is 5.67. The molecule has 1 atom stereocenters. The molecule has 3 heteroatoms. The van der Waals surface area contributed by atoms with E-state index in [1.165, 1.54) is 0 Å². The number of hydrogen-bond acceptors (Lipinski definition) is 2. The molecule has 0 aliphatic rings. The van der Waals surface area contributed by atoms with E-state index in [9.17, 15) is 5.26 Å². The number of rotatable bonds is 3. The van der Waals surface area contributed by atoms with Gasteiger partial charge in [0.05, 0.1) is 17.1 Å². The smallest absolute Gasteiger partial charge is 0.122 e. The number of hydrogen-bond donors (Lipinski definition) is 0. The van der Waals surface area contributed by atoms with Crippen LogP contribution in [0.2, 0.25) is 0 Å². The number of fused-ring (bicyclic) bond motifs is 1. The van der Waals surface area contributed by atoms with Gasteiger partial charge >= 0.3 is 0 Å². The van der Waals surface area contributed by atoms with Crippen LogP contribution in [-0.4, -0.2) is 9.55 Å². The van der Waals surface area contributed by atoms with Crippen LogP contribution in [0.5, 0.6) is 0 Å². The Bertz CT molecular complexity index is 534. The summed E-state index contributed by atoms with van der Waals surface area (Å²) in [5.41, 5.74) is 2.04. The molecule has 0 bridgehead atoms. The van der Waals surface area contributed by atoms with Crippen LogP contribution in [0.15, 0.2) is 24.3 Å². The van der Waals surface area contributed by atoms with Gasteiger partial charge in [0.2, 0.25) is 0 Å². The highest BCUT2D eigenvalue weighted by molar-refractivity contribution is 5.76. The van der Waals surface area contributed by atoms with Crippen LogP contribution in [0.3, 0.4) is 0 Å². The largest absolute Gasteiger partial charge is 0.311 e. The van der Waals surface area contributed by atoms with E-state index >= 15 is 0 Å².